The maximum atomic E-state index is 4.46. The summed E-state index contributed by atoms with van der Waals surface area (Å²) in [7, 11) is 0. The van der Waals surface area contributed by atoms with Gasteiger partial charge in [0.2, 0.25) is 0 Å². The molecule has 0 aliphatic rings. The smallest absolute Gasteiger partial charge is 0.198 e. The molecule has 0 atom stereocenters. The van der Waals surface area contributed by atoms with Crippen LogP contribution >= 0.6 is 23.3 Å². The number of pyridine rings is 1. The van der Waals surface area contributed by atoms with Gasteiger partial charge in [-0.25, -0.2) is 4.98 Å². The molecule has 0 aliphatic heterocycles. The van der Waals surface area contributed by atoms with E-state index in [1.165, 1.54) is 23.3 Å². The third-order valence-corrected chi connectivity index (χ3v) is 4.67. The highest BCUT2D eigenvalue weighted by molar-refractivity contribution is 8.00. The molecule has 0 N–H and O–H groups in total. The van der Waals surface area contributed by atoms with E-state index < -0.39 is 0 Å². The molecule has 0 spiro atoms. The molecule has 0 radical (unpaired) electrons. The van der Waals surface area contributed by atoms with Gasteiger partial charge < -0.3 is 0 Å². The Kier molecular flexibility index (Phi) is 4.59. The Balaban J connectivity index is 1.94. The molecule has 0 fully saturated rings. The summed E-state index contributed by atoms with van der Waals surface area (Å²) in [6, 6.07) is 3.85. The molecule has 0 aliphatic carbocycles. The van der Waals surface area contributed by atoms with Crippen molar-refractivity contribution < 1.29 is 0 Å². The van der Waals surface area contributed by atoms with Gasteiger partial charge in [0.25, 0.3) is 0 Å². The molecule has 8 heteroatoms. The van der Waals surface area contributed by atoms with Crippen molar-refractivity contribution in [2.75, 3.05) is 0 Å². The summed E-state index contributed by atoms with van der Waals surface area (Å²) in [4.78, 5) is 8.59. The summed E-state index contributed by atoms with van der Waals surface area (Å²) in [5.74, 6) is 1.63. The lowest BCUT2D eigenvalue weighted by atomic mass is 10.3. The summed E-state index contributed by atoms with van der Waals surface area (Å²) in [6.07, 6.45) is 6.17. The van der Waals surface area contributed by atoms with E-state index in [4.69, 9.17) is 0 Å². The van der Waals surface area contributed by atoms with Gasteiger partial charge >= 0.3 is 0 Å². The summed E-state index contributed by atoms with van der Waals surface area (Å²) >= 11 is 2.86. The van der Waals surface area contributed by atoms with E-state index in [0.717, 1.165) is 33.1 Å². The van der Waals surface area contributed by atoms with E-state index in [2.05, 4.69) is 31.1 Å². The average molecular weight is 330 g/mol. The monoisotopic (exact) mass is 330 g/mol. The van der Waals surface area contributed by atoms with Gasteiger partial charge in [0, 0.05) is 30.9 Å². The second kappa shape index (κ2) is 6.80. The average Bonchev–Trinajstić information content (AvgIpc) is 3.17. The Morgan fingerprint density at radius 3 is 3.00 bits per heavy atom. The third kappa shape index (κ3) is 3.07. The van der Waals surface area contributed by atoms with Crippen LogP contribution in [0.1, 0.15) is 12.7 Å². The molecule has 112 valence electrons. The molecular formula is C14H14N6S2. The topological polar surface area (TPSA) is 69.4 Å². The summed E-state index contributed by atoms with van der Waals surface area (Å²) in [5, 5.41) is 9.35. The lowest BCUT2D eigenvalue weighted by molar-refractivity contribution is 0.730. The number of aromatic nitrogens is 6. The quantitative estimate of drug-likeness (QED) is 0.647. The maximum Gasteiger partial charge on any atom is 0.198 e. The molecule has 3 aromatic rings. The number of rotatable bonds is 6. The fourth-order valence-electron chi connectivity index (χ4n) is 1.87. The van der Waals surface area contributed by atoms with E-state index in [-0.39, 0.29) is 0 Å². The minimum absolute atomic E-state index is 0.624. The van der Waals surface area contributed by atoms with Crippen molar-refractivity contribution in [3.63, 3.8) is 0 Å². The molecule has 0 unspecified atom stereocenters. The zero-order valence-corrected chi connectivity index (χ0v) is 13.6. The fraction of sp³-hybridized carbons (Fsp3) is 0.214. The minimum Gasteiger partial charge on any atom is -0.298 e. The number of aryl methyl sites for hydroxylation is 1. The molecule has 0 aromatic carbocycles. The molecule has 3 heterocycles. The first-order chi connectivity index (χ1) is 10.8. The van der Waals surface area contributed by atoms with Crippen LogP contribution in [-0.2, 0) is 13.0 Å². The minimum atomic E-state index is 0.624. The Morgan fingerprint density at radius 2 is 2.32 bits per heavy atom. The first-order valence-electron chi connectivity index (χ1n) is 6.76. The second-order valence-corrected chi connectivity index (χ2v) is 6.35. The Labute approximate surface area is 136 Å². The highest BCUT2D eigenvalue weighted by atomic mass is 32.2. The van der Waals surface area contributed by atoms with Crippen LogP contribution in [0.25, 0.3) is 11.4 Å². The number of nitrogens with zero attached hydrogens (tertiary/aromatic N) is 6. The van der Waals surface area contributed by atoms with Gasteiger partial charge in [-0.15, -0.1) is 16.8 Å². The number of hydrogen-bond donors (Lipinski definition) is 0. The predicted molar refractivity (Wildman–Crippen MR) is 86.9 cm³/mol. The standard InChI is InChI=1S/C14H14N6S2/c1-3-8-20-12(10-6-5-7-15-9-10)17-18-13(20)21-14-16-11(4-2)19-22-14/h3,5-7,9H,1,4,8H2,2H3. The summed E-state index contributed by atoms with van der Waals surface area (Å²) in [6.45, 7) is 6.47. The highest BCUT2D eigenvalue weighted by Crippen LogP contribution is 2.30. The lowest BCUT2D eigenvalue weighted by Crippen LogP contribution is -2.00. The van der Waals surface area contributed by atoms with Crippen LogP contribution in [0.4, 0.5) is 0 Å². The van der Waals surface area contributed by atoms with E-state index in [1.54, 1.807) is 12.4 Å². The highest BCUT2D eigenvalue weighted by Gasteiger charge is 2.16. The lowest BCUT2D eigenvalue weighted by Gasteiger charge is -2.06. The van der Waals surface area contributed by atoms with Crippen LogP contribution in [-0.4, -0.2) is 29.1 Å². The zero-order chi connectivity index (χ0) is 15.4. The molecule has 22 heavy (non-hydrogen) atoms. The van der Waals surface area contributed by atoms with Crippen molar-refractivity contribution in [1.29, 1.82) is 0 Å². The number of hydrogen-bond acceptors (Lipinski definition) is 7. The van der Waals surface area contributed by atoms with Gasteiger partial charge in [0.05, 0.1) is 0 Å². The SMILES string of the molecule is C=CCn1c(Sc2nc(CC)ns2)nnc1-c1cccnc1. The fourth-order valence-corrected chi connectivity index (χ4v) is 3.51. The van der Waals surface area contributed by atoms with Crippen LogP contribution in [0.5, 0.6) is 0 Å². The van der Waals surface area contributed by atoms with Gasteiger partial charge in [0.15, 0.2) is 15.3 Å². The first kappa shape index (κ1) is 14.9. The van der Waals surface area contributed by atoms with Crippen molar-refractivity contribution in [3.8, 4) is 11.4 Å². The van der Waals surface area contributed by atoms with Crippen LogP contribution < -0.4 is 0 Å². The molecule has 0 saturated carbocycles. The van der Waals surface area contributed by atoms with E-state index in [0.29, 0.717) is 6.54 Å². The van der Waals surface area contributed by atoms with Crippen molar-refractivity contribution in [2.45, 2.75) is 29.4 Å². The van der Waals surface area contributed by atoms with Crippen LogP contribution in [0, 0.1) is 0 Å². The second-order valence-electron chi connectivity index (χ2n) is 4.38. The maximum absolute atomic E-state index is 4.46. The molecule has 3 rings (SSSR count). The van der Waals surface area contributed by atoms with Gasteiger partial charge in [-0.3, -0.25) is 9.55 Å². The normalized spacial score (nSPS) is 10.8. The molecule has 0 bridgehead atoms. The van der Waals surface area contributed by atoms with Crippen molar-refractivity contribution in [1.82, 2.24) is 29.1 Å². The van der Waals surface area contributed by atoms with Crippen molar-refractivity contribution in [3.05, 3.63) is 43.0 Å². The molecule has 0 saturated heterocycles. The van der Waals surface area contributed by atoms with Gasteiger partial charge in [0.1, 0.15) is 5.82 Å². The molecule has 6 nitrogen and oxygen atoms in total. The predicted octanol–water partition coefficient (Wildman–Crippen LogP) is 3.09. The van der Waals surface area contributed by atoms with E-state index in [1.807, 2.05) is 29.7 Å². The van der Waals surface area contributed by atoms with E-state index in [9.17, 15) is 0 Å². The van der Waals surface area contributed by atoms with Gasteiger partial charge in [-0.05, 0) is 35.4 Å². The Morgan fingerprint density at radius 1 is 1.41 bits per heavy atom. The largest absolute Gasteiger partial charge is 0.298 e. The number of allylic oxidation sites excluding steroid dienone is 1. The molecular weight excluding hydrogens is 316 g/mol. The van der Waals surface area contributed by atoms with Crippen molar-refractivity contribution >= 4 is 23.3 Å². The van der Waals surface area contributed by atoms with Crippen LogP contribution in [0.2, 0.25) is 0 Å². The molecule has 0 amide bonds. The Hall–Kier alpha value is -2.06. The van der Waals surface area contributed by atoms with Gasteiger partial charge in [-0.2, -0.15) is 4.37 Å². The first-order valence-corrected chi connectivity index (χ1v) is 8.35. The summed E-state index contributed by atoms with van der Waals surface area (Å²) < 4.78 is 7.16. The van der Waals surface area contributed by atoms with Crippen LogP contribution in [0.3, 0.4) is 0 Å². The van der Waals surface area contributed by atoms with E-state index >= 15 is 0 Å². The van der Waals surface area contributed by atoms with Gasteiger partial charge in [-0.1, -0.05) is 13.0 Å². The summed E-state index contributed by atoms with van der Waals surface area (Å²) in [5.41, 5.74) is 0.926. The zero-order valence-electron chi connectivity index (χ0n) is 12.0. The molecule has 3 aromatic heterocycles. The Bertz CT molecular complexity index is 765. The van der Waals surface area contributed by atoms with Crippen LogP contribution in [0.15, 0.2) is 46.7 Å². The van der Waals surface area contributed by atoms with Crippen molar-refractivity contribution in [2.24, 2.45) is 0 Å². The third-order valence-electron chi connectivity index (χ3n) is 2.89.